The molecule has 0 spiro atoms. The van der Waals surface area contributed by atoms with Crippen LogP contribution in [0.15, 0.2) is 36.5 Å². The Bertz CT molecular complexity index is 357. The Morgan fingerprint density at radius 2 is 1.09 bits per heavy atom. The van der Waals surface area contributed by atoms with E-state index < -0.39 is 0 Å². The maximum absolute atomic E-state index is 2.54. The van der Waals surface area contributed by atoms with Crippen LogP contribution in [0.3, 0.4) is 0 Å². The van der Waals surface area contributed by atoms with Crippen LogP contribution in [-0.4, -0.2) is 0 Å². The topological polar surface area (TPSA) is 0 Å². The van der Waals surface area contributed by atoms with Crippen LogP contribution in [0.5, 0.6) is 0 Å². The van der Waals surface area contributed by atoms with Gasteiger partial charge in [0.25, 0.3) is 0 Å². The highest BCUT2D eigenvalue weighted by atomic mass is 14.2. The van der Waals surface area contributed by atoms with Gasteiger partial charge in [0.2, 0.25) is 0 Å². The summed E-state index contributed by atoms with van der Waals surface area (Å²) in [6.45, 7) is 4.31. The van der Waals surface area contributed by atoms with Gasteiger partial charge in [0.05, 0.1) is 0 Å². The molecule has 0 nitrogen and oxygen atoms in total. The van der Waals surface area contributed by atoms with Gasteiger partial charge in [0.15, 0.2) is 0 Å². The Morgan fingerprint density at radius 1 is 0.636 bits per heavy atom. The zero-order chi connectivity index (χ0) is 15.6. The first-order chi connectivity index (χ1) is 10.8. The molecule has 0 aromatic rings. The molecule has 0 N–H and O–H groups in total. The van der Waals surface area contributed by atoms with Gasteiger partial charge < -0.3 is 0 Å². The van der Waals surface area contributed by atoms with Gasteiger partial charge in [-0.1, -0.05) is 36.5 Å². The van der Waals surface area contributed by atoms with E-state index in [0.29, 0.717) is 0 Å². The molecule has 2 fully saturated rings. The summed E-state index contributed by atoms with van der Waals surface area (Å²) in [7, 11) is 0. The molecule has 2 saturated carbocycles. The third-order valence-corrected chi connectivity index (χ3v) is 5.79. The molecule has 124 valence electrons. The van der Waals surface area contributed by atoms with Crippen molar-refractivity contribution in [1.29, 1.82) is 0 Å². The molecule has 2 rings (SSSR count). The molecule has 0 aromatic carbocycles. The van der Waals surface area contributed by atoms with Crippen molar-refractivity contribution in [2.75, 3.05) is 0 Å². The highest BCUT2D eigenvalue weighted by Gasteiger charge is 2.19. The third kappa shape index (κ3) is 6.15. The van der Waals surface area contributed by atoms with Crippen molar-refractivity contribution in [2.24, 2.45) is 23.7 Å². The summed E-state index contributed by atoms with van der Waals surface area (Å²) in [6, 6.07) is 0. The molecule has 0 heterocycles. The predicted molar refractivity (Wildman–Crippen MR) is 98.9 cm³/mol. The quantitative estimate of drug-likeness (QED) is 0.459. The molecule has 0 heteroatoms. The normalized spacial score (nSPS) is 34.1. The van der Waals surface area contributed by atoms with Gasteiger partial charge in [0, 0.05) is 0 Å². The Morgan fingerprint density at radius 3 is 1.59 bits per heavy atom. The minimum absolute atomic E-state index is 0.863. The van der Waals surface area contributed by atoms with Gasteiger partial charge in [0.1, 0.15) is 0 Å². The van der Waals surface area contributed by atoms with E-state index in [2.05, 4.69) is 50.3 Å². The Balaban J connectivity index is 1.57. The van der Waals surface area contributed by atoms with Crippen molar-refractivity contribution >= 4 is 0 Å². The standard InChI is InChI=1S/C22H36/c1-3-7-19-11-15-21(16-12-19)9-5-6-10-22-17-13-20(8-4-2)14-18-22/h3-5,7-9,19-22H,6,10-18H2,1-2H3. The highest BCUT2D eigenvalue weighted by Crippen LogP contribution is 2.33. The molecular weight excluding hydrogens is 264 g/mol. The molecular formula is C22H36. The van der Waals surface area contributed by atoms with Gasteiger partial charge in [-0.25, -0.2) is 0 Å². The second-order valence-electron chi connectivity index (χ2n) is 7.51. The summed E-state index contributed by atoms with van der Waals surface area (Å²) >= 11 is 0. The summed E-state index contributed by atoms with van der Waals surface area (Å²) < 4.78 is 0. The van der Waals surface area contributed by atoms with Crippen LogP contribution in [0.4, 0.5) is 0 Å². The van der Waals surface area contributed by atoms with Crippen LogP contribution in [-0.2, 0) is 0 Å². The van der Waals surface area contributed by atoms with E-state index in [4.69, 9.17) is 0 Å². The van der Waals surface area contributed by atoms with Gasteiger partial charge >= 0.3 is 0 Å². The van der Waals surface area contributed by atoms with Crippen molar-refractivity contribution in [1.82, 2.24) is 0 Å². The lowest BCUT2D eigenvalue weighted by Crippen LogP contribution is -2.13. The zero-order valence-corrected chi connectivity index (χ0v) is 14.8. The molecule has 0 saturated heterocycles. The molecule has 2 aliphatic carbocycles. The SMILES string of the molecule is CC=CC1CCC(C=CCCC2CCC(C=CC)CC2)CC1. The summed E-state index contributed by atoms with van der Waals surface area (Å²) in [5.41, 5.74) is 0. The van der Waals surface area contributed by atoms with Crippen molar-refractivity contribution in [3.63, 3.8) is 0 Å². The third-order valence-electron chi connectivity index (χ3n) is 5.79. The summed E-state index contributed by atoms with van der Waals surface area (Å²) in [5.74, 6) is 3.61. The molecule has 0 atom stereocenters. The van der Waals surface area contributed by atoms with Gasteiger partial charge in [-0.15, -0.1) is 0 Å². The number of rotatable bonds is 6. The van der Waals surface area contributed by atoms with Crippen LogP contribution < -0.4 is 0 Å². The molecule has 0 amide bonds. The van der Waals surface area contributed by atoms with Crippen molar-refractivity contribution in [2.45, 2.75) is 78.1 Å². The minimum atomic E-state index is 0.863. The van der Waals surface area contributed by atoms with Crippen LogP contribution in [0.25, 0.3) is 0 Å². The van der Waals surface area contributed by atoms with Crippen LogP contribution in [0, 0.1) is 23.7 Å². The smallest absolute Gasteiger partial charge is 0.0233 e. The Kier molecular flexibility index (Phi) is 8.05. The maximum Gasteiger partial charge on any atom is -0.0233 e. The molecule has 22 heavy (non-hydrogen) atoms. The average molecular weight is 301 g/mol. The molecule has 0 unspecified atom stereocenters. The molecule has 0 aromatic heterocycles. The number of hydrogen-bond donors (Lipinski definition) is 0. The first-order valence-electron chi connectivity index (χ1n) is 9.74. The highest BCUT2D eigenvalue weighted by molar-refractivity contribution is 4.96. The summed E-state index contributed by atoms with van der Waals surface area (Å²) in [4.78, 5) is 0. The first kappa shape index (κ1) is 17.6. The number of hydrogen-bond acceptors (Lipinski definition) is 0. The predicted octanol–water partition coefficient (Wildman–Crippen LogP) is 7.09. The lowest BCUT2D eigenvalue weighted by Gasteiger charge is -2.26. The van der Waals surface area contributed by atoms with Crippen molar-refractivity contribution in [3.05, 3.63) is 36.5 Å². The van der Waals surface area contributed by atoms with Gasteiger partial charge in [-0.2, -0.15) is 0 Å². The summed E-state index contributed by atoms with van der Waals surface area (Å²) in [6.07, 6.45) is 28.4. The second kappa shape index (κ2) is 10.1. The fourth-order valence-electron chi connectivity index (χ4n) is 4.36. The molecule has 0 bridgehead atoms. The Hall–Kier alpha value is -0.780. The van der Waals surface area contributed by atoms with E-state index in [1.807, 2.05) is 0 Å². The molecule has 0 aliphatic heterocycles. The maximum atomic E-state index is 2.54. The van der Waals surface area contributed by atoms with Crippen molar-refractivity contribution in [3.8, 4) is 0 Å². The summed E-state index contributed by atoms with van der Waals surface area (Å²) in [5, 5.41) is 0. The molecule has 2 aliphatic rings. The van der Waals surface area contributed by atoms with E-state index in [1.165, 1.54) is 64.2 Å². The van der Waals surface area contributed by atoms with E-state index >= 15 is 0 Å². The van der Waals surface area contributed by atoms with Crippen LogP contribution >= 0.6 is 0 Å². The van der Waals surface area contributed by atoms with Gasteiger partial charge in [-0.05, 0) is 102 Å². The van der Waals surface area contributed by atoms with E-state index in [-0.39, 0.29) is 0 Å². The fraction of sp³-hybridized carbons (Fsp3) is 0.727. The van der Waals surface area contributed by atoms with Gasteiger partial charge in [-0.3, -0.25) is 0 Å². The van der Waals surface area contributed by atoms with E-state index in [1.54, 1.807) is 0 Å². The largest absolute Gasteiger partial charge is 0.0914 e. The lowest BCUT2D eigenvalue weighted by molar-refractivity contribution is 0.297. The monoisotopic (exact) mass is 300 g/mol. The average Bonchev–Trinajstić information content (AvgIpc) is 2.55. The fourth-order valence-corrected chi connectivity index (χ4v) is 4.36. The van der Waals surface area contributed by atoms with Crippen LogP contribution in [0.1, 0.15) is 78.1 Å². The van der Waals surface area contributed by atoms with Crippen molar-refractivity contribution < 1.29 is 0 Å². The van der Waals surface area contributed by atoms with E-state index in [0.717, 1.165) is 23.7 Å². The minimum Gasteiger partial charge on any atom is -0.0914 e. The van der Waals surface area contributed by atoms with E-state index in [9.17, 15) is 0 Å². The lowest BCUT2D eigenvalue weighted by atomic mass is 9.79. The van der Waals surface area contributed by atoms with Crippen LogP contribution in [0.2, 0.25) is 0 Å². The zero-order valence-electron chi connectivity index (χ0n) is 14.8. The molecule has 0 radical (unpaired) electrons. The Labute approximate surface area is 138 Å². The second-order valence-corrected chi connectivity index (χ2v) is 7.51. The number of allylic oxidation sites excluding steroid dienone is 6. The first-order valence-corrected chi connectivity index (χ1v) is 9.74.